The number of nitrogens with one attached hydrogen (secondary N) is 1. The summed E-state index contributed by atoms with van der Waals surface area (Å²) < 4.78 is 2.13. The Morgan fingerprint density at radius 2 is 2.30 bits per heavy atom. The van der Waals surface area contributed by atoms with E-state index in [4.69, 9.17) is 0 Å². The van der Waals surface area contributed by atoms with Gasteiger partial charge in [0.2, 0.25) is 0 Å². The molecule has 20 heavy (non-hydrogen) atoms. The van der Waals surface area contributed by atoms with Crippen molar-refractivity contribution in [2.24, 2.45) is 7.05 Å². The minimum Gasteiger partial charge on any atom is -0.337 e. The molecule has 4 nitrogen and oxygen atoms in total. The van der Waals surface area contributed by atoms with Gasteiger partial charge in [-0.2, -0.15) is 0 Å². The van der Waals surface area contributed by atoms with Crippen molar-refractivity contribution in [1.29, 1.82) is 0 Å². The van der Waals surface area contributed by atoms with Crippen LogP contribution in [0.5, 0.6) is 0 Å². The topological polar surface area (TPSA) is 33.1 Å². The lowest BCUT2D eigenvalue weighted by molar-refractivity contribution is 0.146. The molecule has 2 aromatic heterocycles. The molecule has 1 aliphatic heterocycles. The summed E-state index contributed by atoms with van der Waals surface area (Å²) in [4.78, 5) is 9.88. The van der Waals surface area contributed by atoms with Gasteiger partial charge >= 0.3 is 0 Å². The quantitative estimate of drug-likeness (QED) is 0.944. The molecule has 2 aromatic rings. The van der Waals surface area contributed by atoms with Crippen molar-refractivity contribution >= 4 is 23.7 Å². The van der Waals surface area contributed by atoms with Crippen LogP contribution in [0.25, 0.3) is 0 Å². The van der Waals surface area contributed by atoms with E-state index in [0.29, 0.717) is 6.04 Å². The van der Waals surface area contributed by atoms with Gasteiger partial charge in [0.1, 0.15) is 5.82 Å². The summed E-state index contributed by atoms with van der Waals surface area (Å²) in [5.74, 6) is 1.15. The number of aromatic nitrogens is 2. The van der Waals surface area contributed by atoms with E-state index in [1.165, 1.54) is 9.75 Å². The average molecular weight is 313 g/mol. The van der Waals surface area contributed by atoms with Crippen molar-refractivity contribution in [2.45, 2.75) is 19.5 Å². The Hall–Kier alpha value is -0.880. The fourth-order valence-corrected chi connectivity index (χ4v) is 3.57. The lowest BCUT2D eigenvalue weighted by Crippen LogP contribution is -2.46. The molecule has 1 aliphatic rings. The maximum atomic E-state index is 4.52. The first-order valence-corrected chi connectivity index (χ1v) is 7.53. The standard InChI is InChI=1S/C14H20N4S.ClH/c1-11-3-4-12(19-11)10-18-8-5-15-9-13(18)14-16-6-7-17(14)2;/h3-4,6-7,13,15H,5,8-10H2,1-2H3;1H. The number of hydrogen-bond donors (Lipinski definition) is 1. The van der Waals surface area contributed by atoms with Crippen molar-refractivity contribution < 1.29 is 0 Å². The number of imidazole rings is 1. The molecule has 0 bridgehead atoms. The van der Waals surface area contributed by atoms with E-state index < -0.39 is 0 Å². The molecule has 0 saturated carbocycles. The molecule has 1 fully saturated rings. The van der Waals surface area contributed by atoms with Crippen molar-refractivity contribution in [3.63, 3.8) is 0 Å². The summed E-state index contributed by atoms with van der Waals surface area (Å²) in [7, 11) is 2.07. The van der Waals surface area contributed by atoms with Gasteiger partial charge in [0, 0.05) is 55.4 Å². The third-order valence-corrected chi connectivity index (χ3v) is 4.65. The maximum absolute atomic E-state index is 4.52. The number of aryl methyl sites for hydroxylation is 2. The third-order valence-electron chi connectivity index (χ3n) is 3.67. The number of nitrogens with zero attached hydrogens (tertiary/aromatic N) is 3. The predicted molar refractivity (Wildman–Crippen MR) is 85.5 cm³/mol. The molecule has 3 rings (SSSR count). The summed E-state index contributed by atoms with van der Waals surface area (Å²) >= 11 is 1.90. The van der Waals surface area contributed by atoms with E-state index in [-0.39, 0.29) is 12.4 Å². The van der Waals surface area contributed by atoms with E-state index in [9.17, 15) is 0 Å². The highest BCUT2D eigenvalue weighted by Crippen LogP contribution is 2.25. The second-order valence-electron chi connectivity index (χ2n) is 5.10. The first-order valence-electron chi connectivity index (χ1n) is 6.71. The first-order chi connectivity index (χ1) is 9.24. The van der Waals surface area contributed by atoms with Crippen LogP contribution in [-0.4, -0.2) is 34.1 Å². The van der Waals surface area contributed by atoms with Crippen LogP contribution in [0.2, 0.25) is 0 Å². The van der Waals surface area contributed by atoms with Crippen LogP contribution in [0.3, 0.4) is 0 Å². The van der Waals surface area contributed by atoms with Gasteiger partial charge in [0.25, 0.3) is 0 Å². The molecule has 3 heterocycles. The molecule has 0 amide bonds. The van der Waals surface area contributed by atoms with Crippen LogP contribution in [0, 0.1) is 6.92 Å². The third kappa shape index (κ3) is 3.23. The molecule has 1 atom stereocenters. The Labute approximate surface area is 130 Å². The number of halogens is 1. The Bertz CT molecular complexity index is 551. The number of hydrogen-bond acceptors (Lipinski definition) is 4. The van der Waals surface area contributed by atoms with Gasteiger partial charge in [0.15, 0.2) is 0 Å². The predicted octanol–water partition coefficient (Wildman–Crippen LogP) is 2.36. The van der Waals surface area contributed by atoms with Crippen molar-refractivity contribution in [3.05, 3.63) is 40.1 Å². The second kappa shape index (κ2) is 6.72. The summed E-state index contributed by atoms with van der Waals surface area (Å²) in [6.07, 6.45) is 3.91. The molecule has 0 aromatic carbocycles. The molecule has 0 spiro atoms. The van der Waals surface area contributed by atoms with E-state index in [0.717, 1.165) is 32.0 Å². The molecule has 0 aliphatic carbocycles. The lowest BCUT2D eigenvalue weighted by atomic mass is 10.1. The summed E-state index contributed by atoms with van der Waals surface area (Å²) in [6, 6.07) is 4.83. The summed E-state index contributed by atoms with van der Waals surface area (Å²) in [5.41, 5.74) is 0. The van der Waals surface area contributed by atoms with Crippen molar-refractivity contribution in [3.8, 4) is 0 Å². The molecule has 1 unspecified atom stereocenters. The fourth-order valence-electron chi connectivity index (χ4n) is 2.66. The van der Waals surface area contributed by atoms with Crippen LogP contribution in [-0.2, 0) is 13.6 Å². The van der Waals surface area contributed by atoms with E-state index in [2.05, 4.69) is 45.9 Å². The smallest absolute Gasteiger partial charge is 0.127 e. The summed E-state index contributed by atoms with van der Waals surface area (Å²) in [5, 5.41) is 3.48. The van der Waals surface area contributed by atoms with Crippen LogP contribution in [0.4, 0.5) is 0 Å². The minimum atomic E-state index is 0. The second-order valence-corrected chi connectivity index (χ2v) is 6.47. The highest BCUT2D eigenvalue weighted by Gasteiger charge is 2.26. The fraction of sp³-hybridized carbons (Fsp3) is 0.500. The highest BCUT2D eigenvalue weighted by atomic mass is 35.5. The van der Waals surface area contributed by atoms with Gasteiger partial charge in [-0.1, -0.05) is 0 Å². The minimum absolute atomic E-state index is 0. The largest absolute Gasteiger partial charge is 0.337 e. The maximum Gasteiger partial charge on any atom is 0.127 e. The van der Waals surface area contributed by atoms with Gasteiger partial charge in [-0.3, -0.25) is 4.90 Å². The van der Waals surface area contributed by atoms with E-state index in [1.807, 2.05) is 23.7 Å². The van der Waals surface area contributed by atoms with Crippen LogP contribution < -0.4 is 5.32 Å². The highest BCUT2D eigenvalue weighted by molar-refractivity contribution is 7.11. The zero-order valence-electron chi connectivity index (χ0n) is 11.9. The Balaban J connectivity index is 0.00000147. The number of rotatable bonds is 3. The van der Waals surface area contributed by atoms with E-state index in [1.54, 1.807) is 0 Å². The van der Waals surface area contributed by atoms with Gasteiger partial charge in [0.05, 0.1) is 6.04 Å². The van der Waals surface area contributed by atoms with E-state index >= 15 is 0 Å². The van der Waals surface area contributed by atoms with Gasteiger partial charge in [-0.15, -0.1) is 23.7 Å². The van der Waals surface area contributed by atoms with Crippen LogP contribution in [0.1, 0.15) is 21.6 Å². The zero-order chi connectivity index (χ0) is 13.2. The molecular formula is C14H21ClN4S. The molecule has 110 valence electrons. The molecule has 1 N–H and O–H groups in total. The monoisotopic (exact) mass is 312 g/mol. The van der Waals surface area contributed by atoms with Gasteiger partial charge in [-0.25, -0.2) is 4.98 Å². The molecular weight excluding hydrogens is 292 g/mol. The number of thiophene rings is 1. The Kier molecular flexibility index (Phi) is 5.21. The summed E-state index contributed by atoms with van der Waals surface area (Å²) in [6.45, 7) is 6.31. The zero-order valence-corrected chi connectivity index (χ0v) is 13.5. The molecule has 6 heteroatoms. The number of piperazine rings is 1. The Morgan fingerprint density at radius 3 is 2.95 bits per heavy atom. The van der Waals surface area contributed by atoms with Crippen LogP contribution in [0.15, 0.2) is 24.5 Å². The van der Waals surface area contributed by atoms with Crippen molar-refractivity contribution in [1.82, 2.24) is 19.8 Å². The Morgan fingerprint density at radius 1 is 1.45 bits per heavy atom. The lowest BCUT2D eigenvalue weighted by Gasteiger charge is -2.35. The molecule has 0 radical (unpaired) electrons. The normalized spacial score (nSPS) is 19.8. The average Bonchev–Trinajstić information content (AvgIpc) is 2.99. The molecule has 1 saturated heterocycles. The first kappa shape index (κ1) is 15.5. The van der Waals surface area contributed by atoms with Gasteiger partial charge < -0.3 is 9.88 Å². The van der Waals surface area contributed by atoms with Crippen molar-refractivity contribution in [2.75, 3.05) is 19.6 Å². The van der Waals surface area contributed by atoms with Crippen LogP contribution >= 0.6 is 23.7 Å². The van der Waals surface area contributed by atoms with Gasteiger partial charge in [-0.05, 0) is 19.1 Å². The SMILES string of the molecule is Cc1ccc(CN2CCNCC2c2nccn2C)s1.Cl.